The molecule has 0 aromatic heterocycles. The second-order valence-corrected chi connectivity index (χ2v) is 22.6. The molecule has 0 atom stereocenters. The van der Waals surface area contributed by atoms with Crippen molar-refractivity contribution in [2.24, 2.45) is 23.7 Å². The Morgan fingerprint density at radius 2 is 0.984 bits per heavy atom. The van der Waals surface area contributed by atoms with E-state index in [1.165, 1.54) is 116 Å². The maximum atomic E-state index is 2.69. The zero-order valence-electron chi connectivity index (χ0n) is 37.2. The summed E-state index contributed by atoms with van der Waals surface area (Å²) >= 11 is 2.04. The summed E-state index contributed by atoms with van der Waals surface area (Å²) in [6.07, 6.45) is 9.36. The Morgan fingerprint density at radius 1 is 0.444 bits per heavy atom. The van der Waals surface area contributed by atoms with Gasteiger partial charge in [0.25, 0.3) is 0 Å². The van der Waals surface area contributed by atoms with Crippen LogP contribution in [0.15, 0.2) is 174 Å². The van der Waals surface area contributed by atoms with Gasteiger partial charge in [-0.05, 0) is 171 Å². The van der Waals surface area contributed by atoms with Crippen molar-refractivity contribution in [3.8, 4) is 11.1 Å². The molecule has 14 rings (SSSR count). The van der Waals surface area contributed by atoms with E-state index in [0.29, 0.717) is 11.8 Å². The van der Waals surface area contributed by atoms with Gasteiger partial charge in [-0.1, -0.05) is 167 Å². The molecule has 63 heavy (non-hydrogen) atoms. The zero-order valence-corrected chi connectivity index (χ0v) is 38.0. The van der Waals surface area contributed by atoms with E-state index in [-0.39, 0.29) is 16.2 Å². The first kappa shape index (κ1) is 38.2. The maximum absolute atomic E-state index is 2.69. The lowest BCUT2D eigenvalue weighted by molar-refractivity contribution is -0.0443. The highest BCUT2D eigenvalue weighted by atomic mass is 32.2. The lowest BCUT2D eigenvalue weighted by Crippen LogP contribution is -2.57. The molecule has 6 aliphatic carbocycles. The molecule has 7 aliphatic rings. The van der Waals surface area contributed by atoms with Gasteiger partial charge in [0.05, 0.1) is 11.1 Å². The fourth-order valence-electron chi connectivity index (χ4n) is 14.8. The van der Waals surface area contributed by atoms with E-state index in [1.54, 1.807) is 11.1 Å². The maximum Gasteiger partial charge on any atom is 0.0714 e. The minimum atomic E-state index is -0.480. The van der Waals surface area contributed by atoms with Crippen molar-refractivity contribution in [2.75, 3.05) is 4.90 Å². The Hall–Kier alpha value is -5.31. The molecule has 1 aliphatic heterocycles. The number of hydrogen-bond donors (Lipinski definition) is 0. The Bertz CT molecular complexity index is 2890. The van der Waals surface area contributed by atoms with Crippen LogP contribution >= 0.6 is 11.8 Å². The van der Waals surface area contributed by atoms with Gasteiger partial charge in [0.15, 0.2) is 0 Å². The van der Waals surface area contributed by atoms with Gasteiger partial charge in [0.1, 0.15) is 0 Å². The van der Waals surface area contributed by atoms with Crippen molar-refractivity contribution in [3.63, 3.8) is 0 Å². The first-order chi connectivity index (χ1) is 30.7. The van der Waals surface area contributed by atoms with Crippen molar-refractivity contribution >= 4 is 28.8 Å². The van der Waals surface area contributed by atoms with Gasteiger partial charge in [-0.25, -0.2) is 0 Å². The van der Waals surface area contributed by atoms with Crippen molar-refractivity contribution in [3.05, 3.63) is 208 Å². The third-order valence-corrected chi connectivity index (χ3v) is 18.7. The molecule has 4 saturated carbocycles. The fraction of sp³-hybridized carbons (Fsp3) is 0.311. The topological polar surface area (TPSA) is 3.24 Å². The van der Waals surface area contributed by atoms with Crippen LogP contribution in [-0.4, -0.2) is 0 Å². The molecule has 0 radical (unpaired) electrons. The van der Waals surface area contributed by atoms with Crippen LogP contribution in [0.25, 0.3) is 11.1 Å². The Balaban J connectivity index is 1.09. The SMILES string of the molecule is CC1(C)CCC(C)(C)c2cc(N(c3ccc4c(c3)C(c3ccccc3)(c3ccccc3)c3ccccc3-4)c3cccc4c3Sc3ccccc3C43C4CC5CC(C4)CC3C5)ccc21. The molecule has 2 heteroatoms. The predicted octanol–water partition coefficient (Wildman–Crippen LogP) is 16.1. The number of rotatable bonds is 5. The number of benzene rings is 7. The average Bonchev–Trinajstić information content (AvgIpc) is 3.60. The molecule has 1 nitrogen and oxygen atoms in total. The number of anilines is 3. The first-order valence-corrected chi connectivity index (χ1v) is 24.7. The van der Waals surface area contributed by atoms with E-state index >= 15 is 0 Å². The normalized spacial score (nSPS) is 25.7. The summed E-state index contributed by atoms with van der Waals surface area (Å²) in [7, 11) is 0. The van der Waals surface area contributed by atoms with Crippen LogP contribution in [0.5, 0.6) is 0 Å². The van der Waals surface area contributed by atoms with Crippen LogP contribution in [0.4, 0.5) is 17.1 Å². The molecule has 4 bridgehead atoms. The van der Waals surface area contributed by atoms with Crippen molar-refractivity contribution in [1.29, 1.82) is 0 Å². The second-order valence-electron chi connectivity index (χ2n) is 21.5. The number of fused-ring (bicyclic) bond motifs is 6. The van der Waals surface area contributed by atoms with Gasteiger partial charge in [-0.15, -0.1) is 0 Å². The summed E-state index contributed by atoms with van der Waals surface area (Å²) in [5.41, 5.74) is 17.7. The van der Waals surface area contributed by atoms with E-state index in [1.807, 2.05) is 11.8 Å². The molecule has 4 fully saturated rings. The van der Waals surface area contributed by atoms with Crippen molar-refractivity contribution < 1.29 is 0 Å². The number of nitrogens with zero attached hydrogens (tertiary/aromatic N) is 1. The fourth-order valence-corrected chi connectivity index (χ4v) is 16.1. The highest BCUT2D eigenvalue weighted by Crippen LogP contribution is 2.70. The van der Waals surface area contributed by atoms with Gasteiger partial charge in [0.2, 0.25) is 0 Å². The standard InChI is InChI=1S/C61H57NS/c1-58(2)30-31-59(3,4)54-38-46(27-29-50(54)58)62(55-24-15-23-52-57(55)63-56-25-14-13-22-51(56)61(52)43-33-39-32-40(35-43)36-44(61)34-39)45-26-28-48-47-20-11-12-21-49(47)60(53(48)37-45,41-16-7-5-8-17-41)42-18-9-6-10-19-42/h5-29,37-40,43-44H,30-36H2,1-4H3. The van der Waals surface area contributed by atoms with E-state index in [4.69, 9.17) is 0 Å². The molecule has 0 saturated heterocycles. The van der Waals surface area contributed by atoms with Gasteiger partial charge < -0.3 is 4.90 Å². The van der Waals surface area contributed by atoms with Crippen LogP contribution in [-0.2, 0) is 21.7 Å². The van der Waals surface area contributed by atoms with Crippen LogP contribution in [0.2, 0.25) is 0 Å². The first-order valence-electron chi connectivity index (χ1n) is 23.9. The second kappa shape index (κ2) is 13.6. The third kappa shape index (κ3) is 5.25. The molecule has 7 aromatic rings. The lowest BCUT2D eigenvalue weighted by Gasteiger charge is -2.63. The minimum absolute atomic E-state index is 0.0590. The van der Waals surface area contributed by atoms with Crippen molar-refractivity contribution in [2.45, 2.75) is 104 Å². The summed E-state index contributed by atoms with van der Waals surface area (Å²) in [6.45, 7) is 9.86. The molecule has 312 valence electrons. The van der Waals surface area contributed by atoms with E-state index < -0.39 is 5.41 Å². The Kier molecular flexibility index (Phi) is 8.24. The summed E-state index contributed by atoms with van der Waals surface area (Å²) < 4.78 is 0. The van der Waals surface area contributed by atoms with E-state index in [9.17, 15) is 0 Å². The van der Waals surface area contributed by atoms with Crippen LogP contribution < -0.4 is 4.90 Å². The third-order valence-electron chi connectivity index (χ3n) is 17.4. The van der Waals surface area contributed by atoms with Crippen molar-refractivity contribution in [1.82, 2.24) is 0 Å². The molecule has 1 heterocycles. The Morgan fingerprint density at radius 3 is 1.67 bits per heavy atom. The molecular weight excluding hydrogens is 779 g/mol. The van der Waals surface area contributed by atoms with Gasteiger partial charge in [-0.3, -0.25) is 0 Å². The summed E-state index contributed by atoms with van der Waals surface area (Å²) in [5.74, 6) is 3.19. The van der Waals surface area contributed by atoms with E-state index in [0.717, 1.165) is 11.8 Å². The highest BCUT2D eigenvalue weighted by Gasteiger charge is 2.61. The molecule has 1 spiro atoms. The monoisotopic (exact) mass is 835 g/mol. The lowest BCUT2D eigenvalue weighted by atomic mass is 9.42. The Labute approximate surface area is 379 Å². The molecule has 0 N–H and O–H groups in total. The van der Waals surface area contributed by atoms with Gasteiger partial charge >= 0.3 is 0 Å². The van der Waals surface area contributed by atoms with Crippen LogP contribution in [0.1, 0.15) is 117 Å². The van der Waals surface area contributed by atoms with Crippen LogP contribution in [0, 0.1) is 23.7 Å². The molecule has 0 unspecified atom stereocenters. The highest BCUT2D eigenvalue weighted by molar-refractivity contribution is 7.99. The molecule has 7 aromatic carbocycles. The zero-order chi connectivity index (χ0) is 42.3. The smallest absolute Gasteiger partial charge is 0.0714 e. The van der Waals surface area contributed by atoms with Gasteiger partial charge in [0, 0.05) is 26.6 Å². The van der Waals surface area contributed by atoms with Gasteiger partial charge in [-0.2, -0.15) is 0 Å². The number of hydrogen-bond acceptors (Lipinski definition) is 2. The summed E-state index contributed by atoms with van der Waals surface area (Å²) in [4.78, 5) is 5.61. The largest absolute Gasteiger partial charge is 0.309 e. The minimum Gasteiger partial charge on any atom is -0.309 e. The van der Waals surface area contributed by atoms with Crippen LogP contribution in [0.3, 0.4) is 0 Å². The predicted molar refractivity (Wildman–Crippen MR) is 262 cm³/mol. The molecular formula is C61H57NS. The quantitative estimate of drug-likeness (QED) is 0.170. The van der Waals surface area contributed by atoms with E-state index in [2.05, 4.69) is 196 Å². The average molecular weight is 836 g/mol. The summed E-state index contributed by atoms with van der Waals surface area (Å²) in [6, 6.07) is 63.9. The summed E-state index contributed by atoms with van der Waals surface area (Å²) in [5, 5.41) is 0. The molecule has 0 amide bonds.